The minimum absolute atomic E-state index is 0.595. The molecule has 0 spiro atoms. The van der Waals surface area contributed by atoms with E-state index in [0.717, 1.165) is 0 Å². The summed E-state index contributed by atoms with van der Waals surface area (Å²) in [4.78, 5) is 20.6. The maximum atomic E-state index is 10.4. The van der Waals surface area contributed by atoms with Crippen molar-refractivity contribution < 1.29 is 14.7 Å². The van der Waals surface area contributed by atoms with Crippen LogP contribution >= 0.6 is 45.2 Å². The van der Waals surface area contributed by atoms with E-state index in [2.05, 4.69) is 0 Å². The molecule has 0 aliphatic rings. The highest BCUT2D eigenvalue weighted by molar-refractivity contribution is 14.1. The predicted octanol–water partition coefficient (Wildman–Crippen LogP) is 0.164. The van der Waals surface area contributed by atoms with Crippen LogP contribution in [-0.2, 0) is 9.59 Å². The van der Waals surface area contributed by atoms with Crippen LogP contribution in [0, 0.1) is 0 Å². The van der Waals surface area contributed by atoms with Gasteiger partial charge in [-0.15, -0.1) is 0 Å². The van der Waals surface area contributed by atoms with E-state index >= 15 is 0 Å². The zero-order valence-electron chi connectivity index (χ0n) is 4.75. The van der Waals surface area contributed by atoms with Crippen molar-refractivity contribution in [2.45, 2.75) is 7.85 Å². The Morgan fingerprint density at radius 3 is 1.80 bits per heavy atom. The van der Waals surface area contributed by atoms with Gasteiger partial charge in [-0.25, -0.2) is 0 Å². The van der Waals surface area contributed by atoms with Crippen LogP contribution in [0.3, 0.4) is 0 Å². The Balaban J connectivity index is 4.07. The van der Waals surface area contributed by atoms with E-state index in [1.165, 1.54) is 0 Å². The fourth-order valence-corrected chi connectivity index (χ4v) is 0.931. The molecule has 0 radical (unpaired) electrons. The van der Waals surface area contributed by atoms with E-state index in [1.807, 2.05) is 0 Å². The minimum Gasteiger partial charge on any atom is -0.480 e. The van der Waals surface area contributed by atoms with E-state index in [9.17, 15) is 9.59 Å². The Morgan fingerprint density at radius 1 is 1.30 bits per heavy atom. The molecule has 0 saturated carbocycles. The predicted molar refractivity (Wildman–Crippen MR) is 52.4 cm³/mol. The summed E-state index contributed by atoms with van der Waals surface area (Å²) in [6.45, 7) is 0. The van der Waals surface area contributed by atoms with Crippen molar-refractivity contribution in [3.63, 3.8) is 0 Å². The minimum atomic E-state index is -1.01. The van der Waals surface area contributed by atoms with Gasteiger partial charge in [0.15, 0.2) is 0 Å². The van der Waals surface area contributed by atoms with E-state index in [1.54, 1.807) is 45.2 Å². The lowest BCUT2D eigenvalue weighted by Gasteiger charge is -2.07. The number of carbonyl (C=O) groups is 2. The summed E-state index contributed by atoms with van der Waals surface area (Å²) >= 11 is 3.37. The van der Waals surface area contributed by atoms with Crippen molar-refractivity contribution in [1.82, 2.24) is 0 Å². The molecule has 10 heavy (non-hydrogen) atoms. The van der Waals surface area contributed by atoms with Crippen LogP contribution in [-0.4, -0.2) is 24.8 Å². The summed E-state index contributed by atoms with van der Waals surface area (Å²) < 4.78 is -1.38. The zero-order chi connectivity index (χ0) is 8.31. The molecular formula is C4H5I2NO3. The summed E-state index contributed by atoms with van der Waals surface area (Å²) in [7, 11) is 0. The van der Waals surface area contributed by atoms with Gasteiger partial charge in [0.05, 0.1) is 0 Å². The van der Waals surface area contributed by atoms with Crippen molar-refractivity contribution >= 4 is 57.1 Å². The van der Waals surface area contributed by atoms with Crippen LogP contribution in [0.4, 0.5) is 0 Å². The van der Waals surface area contributed by atoms with Crippen molar-refractivity contribution in [2.75, 3.05) is 0 Å². The number of primary amides is 1. The number of halogens is 2. The van der Waals surface area contributed by atoms with Crippen LogP contribution in [0.25, 0.3) is 0 Å². The van der Waals surface area contributed by atoms with Gasteiger partial charge in [0.2, 0.25) is 5.91 Å². The number of nitrogens with two attached hydrogens (primary N) is 1. The molecule has 0 fully saturated rings. The number of hydrogen-bond acceptors (Lipinski definition) is 2. The lowest BCUT2D eigenvalue weighted by Crippen LogP contribution is -2.35. The van der Waals surface area contributed by atoms with E-state index in [4.69, 9.17) is 10.8 Å². The lowest BCUT2D eigenvalue weighted by atomic mass is 10.3. The molecule has 0 bridgehead atoms. The fourth-order valence-electron chi connectivity index (χ4n) is 0.269. The Bertz CT molecular complexity index is 143. The molecule has 2 unspecified atom stereocenters. The average molecular weight is 369 g/mol. The van der Waals surface area contributed by atoms with Crippen LogP contribution in [0.2, 0.25) is 0 Å². The molecule has 0 saturated heterocycles. The van der Waals surface area contributed by atoms with Gasteiger partial charge in [0, 0.05) is 0 Å². The molecule has 0 rings (SSSR count). The largest absolute Gasteiger partial charge is 0.480 e. The SMILES string of the molecule is NC(=O)C(I)C(I)C(=O)O. The Labute approximate surface area is 84.8 Å². The molecule has 58 valence electrons. The number of rotatable bonds is 3. The third-order valence-electron chi connectivity index (χ3n) is 0.765. The van der Waals surface area contributed by atoms with Crippen LogP contribution < -0.4 is 5.73 Å². The number of carbonyl (C=O) groups excluding carboxylic acids is 1. The van der Waals surface area contributed by atoms with E-state index in [-0.39, 0.29) is 0 Å². The average Bonchev–Trinajstić information content (AvgIpc) is 1.84. The van der Waals surface area contributed by atoms with Gasteiger partial charge in [0.25, 0.3) is 0 Å². The van der Waals surface area contributed by atoms with Crippen LogP contribution in [0.5, 0.6) is 0 Å². The molecule has 0 heterocycles. The summed E-state index contributed by atoms with van der Waals surface area (Å²) in [6, 6.07) is 0. The Hall–Kier alpha value is 0.400. The first-order valence-electron chi connectivity index (χ1n) is 2.27. The quantitative estimate of drug-likeness (QED) is 0.550. The highest BCUT2D eigenvalue weighted by Crippen LogP contribution is 2.14. The van der Waals surface area contributed by atoms with Gasteiger partial charge in [-0.05, 0) is 0 Å². The highest BCUT2D eigenvalue weighted by atomic mass is 127. The van der Waals surface area contributed by atoms with E-state index < -0.39 is 19.7 Å². The second-order valence-corrected chi connectivity index (χ2v) is 4.23. The van der Waals surface area contributed by atoms with Crippen molar-refractivity contribution in [2.24, 2.45) is 5.73 Å². The maximum Gasteiger partial charge on any atom is 0.318 e. The number of alkyl halides is 2. The number of carboxylic acids is 1. The van der Waals surface area contributed by atoms with Crippen LogP contribution in [0.1, 0.15) is 0 Å². The van der Waals surface area contributed by atoms with Gasteiger partial charge in [-0.1, -0.05) is 45.2 Å². The lowest BCUT2D eigenvalue weighted by molar-refractivity contribution is -0.137. The number of hydrogen-bond donors (Lipinski definition) is 2. The Morgan fingerprint density at radius 2 is 1.70 bits per heavy atom. The third-order valence-corrected chi connectivity index (χ3v) is 4.73. The first kappa shape index (κ1) is 10.4. The number of aliphatic carboxylic acids is 1. The molecule has 0 aromatic rings. The standard InChI is InChI=1S/C4H5I2NO3/c5-1(3(7)8)2(6)4(9)10/h1-2H,(H2,7,8)(H,9,10). The first-order chi connectivity index (χ1) is 4.46. The van der Waals surface area contributed by atoms with Gasteiger partial charge in [-0.3, -0.25) is 9.59 Å². The monoisotopic (exact) mass is 369 g/mol. The van der Waals surface area contributed by atoms with Crippen LogP contribution in [0.15, 0.2) is 0 Å². The summed E-state index contributed by atoms with van der Waals surface area (Å²) in [5.74, 6) is -1.61. The molecule has 0 aromatic carbocycles. The third kappa shape index (κ3) is 2.99. The molecule has 0 aliphatic heterocycles. The highest BCUT2D eigenvalue weighted by Gasteiger charge is 2.26. The zero-order valence-corrected chi connectivity index (χ0v) is 9.07. The van der Waals surface area contributed by atoms with Crippen molar-refractivity contribution in [3.8, 4) is 0 Å². The van der Waals surface area contributed by atoms with Gasteiger partial charge in [-0.2, -0.15) is 0 Å². The normalized spacial score (nSPS) is 15.8. The topological polar surface area (TPSA) is 80.4 Å². The molecule has 6 heteroatoms. The molecule has 3 N–H and O–H groups in total. The van der Waals surface area contributed by atoms with Crippen molar-refractivity contribution in [3.05, 3.63) is 0 Å². The fraction of sp³-hybridized carbons (Fsp3) is 0.500. The number of carboxylic acid groups (broad SMARTS) is 1. The van der Waals surface area contributed by atoms with Gasteiger partial charge < -0.3 is 10.8 Å². The Kier molecular flexibility index (Phi) is 4.49. The number of amides is 1. The summed E-state index contributed by atoms with van der Waals surface area (Å²) in [5.41, 5.74) is 4.86. The van der Waals surface area contributed by atoms with Gasteiger partial charge in [0.1, 0.15) is 7.85 Å². The smallest absolute Gasteiger partial charge is 0.318 e. The molecule has 1 amide bonds. The molecule has 0 aliphatic carbocycles. The van der Waals surface area contributed by atoms with E-state index in [0.29, 0.717) is 0 Å². The molecule has 0 aromatic heterocycles. The second-order valence-electron chi connectivity index (χ2n) is 1.54. The molecule has 2 atom stereocenters. The molecular weight excluding hydrogens is 364 g/mol. The molecule has 4 nitrogen and oxygen atoms in total. The maximum absolute atomic E-state index is 10.4. The first-order valence-corrected chi connectivity index (χ1v) is 4.76. The summed E-state index contributed by atoms with van der Waals surface area (Å²) in [5, 5.41) is 8.38. The van der Waals surface area contributed by atoms with Crippen molar-refractivity contribution in [1.29, 1.82) is 0 Å². The van der Waals surface area contributed by atoms with Gasteiger partial charge >= 0.3 is 5.97 Å². The summed E-state index contributed by atoms with van der Waals surface area (Å²) in [6.07, 6.45) is 0. The second kappa shape index (κ2) is 4.31.